The van der Waals surface area contributed by atoms with Gasteiger partial charge in [0, 0.05) is 25.0 Å². The van der Waals surface area contributed by atoms with Gasteiger partial charge in [-0.3, -0.25) is 9.59 Å². The summed E-state index contributed by atoms with van der Waals surface area (Å²) in [6.07, 6.45) is 3.95. The second-order valence-electron chi connectivity index (χ2n) is 6.34. The van der Waals surface area contributed by atoms with E-state index in [4.69, 9.17) is 0 Å². The van der Waals surface area contributed by atoms with Crippen LogP contribution >= 0.6 is 0 Å². The highest BCUT2D eigenvalue weighted by Gasteiger charge is 2.45. The first-order chi connectivity index (χ1) is 10.6. The Hall–Kier alpha value is -2.10. The van der Waals surface area contributed by atoms with Gasteiger partial charge in [-0.2, -0.15) is 0 Å². The molecule has 4 heteroatoms. The van der Waals surface area contributed by atoms with Crippen molar-refractivity contribution in [1.29, 1.82) is 0 Å². The average molecular weight is 298 g/mol. The Balaban J connectivity index is 1.44. The standard InChI is InChI=1S/C18H22N2O2/c1-3-17(21)20(2)14-9-13(10-14)19-18(22)16-11-15(16)12-7-5-4-6-8-12/h3-8,13-16H,1,9-11H2,2H3,(H,19,22)/t13?,14?,15-,16+/m0/s1. The molecule has 3 rings (SSSR count). The van der Waals surface area contributed by atoms with Crippen LogP contribution < -0.4 is 5.32 Å². The molecule has 0 aliphatic heterocycles. The minimum atomic E-state index is -0.0545. The van der Waals surface area contributed by atoms with Gasteiger partial charge in [0.2, 0.25) is 11.8 Å². The van der Waals surface area contributed by atoms with Crippen LogP contribution in [0.1, 0.15) is 30.7 Å². The molecule has 1 aromatic carbocycles. The molecular formula is C18H22N2O2. The fourth-order valence-electron chi connectivity index (χ4n) is 3.21. The highest BCUT2D eigenvalue weighted by molar-refractivity contribution is 5.87. The number of benzene rings is 1. The highest BCUT2D eigenvalue weighted by atomic mass is 16.2. The molecule has 2 aliphatic carbocycles. The zero-order valence-corrected chi connectivity index (χ0v) is 12.9. The quantitative estimate of drug-likeness (QED) is 0.846. The van der Waals surface area contributed by atoms with Crippen molar-refractivity contribution < 1.29 is 9.59 Å². The second-order valence-corrected chi connectivity index (χ2v) is 6.34. The van der Waals surface area contributed by atoms with Gasteiger partial charge >= 0.3 is 0 Å². The molecule has 2 saturated carbocycles. The van der Waals surface area contributed by atoms with Gasteiger partial charge in [-0.15, -0.1) is 0 Å². The average Bonchev–Trinajstić information content (AvgIpc) is 3.30. The molecule has 1 aromatic rings. The fraction of sp³-hybridized carbons (Fsp3) is 0.444. The van der Waals surface area contributed by atoms with Crippen molar-refractivity contribution in [3.05, 3.63) is 48.6 Å². The Morgan fingerprint density at radius 3 is 2.55 bits per heavy atom. The van der Waals surface area contributed by atoms with Crippen LogP contribution in [-0.4, -0.2) is 35.8 Å². The van der Waals surface area contributed by atoms with Crippen molar-refractivity contribution in [2.24, 2.45) is 5.92 Å². The number of nitrogens with one attached hydrogen (secondary N) is 1. The van der Waals surface area contributed by atoms with Gasteiger partial charge in [-0.25, -0.2) is 0 Å². The molecule has 2 atom stereocenters. The normalized spacial score (nSPS) is 29.1. The monoisotopic (exact) mass is 298 g/mol. The molecule has 0 aromatic heterocycles. The lowest BCUT2D eigenvalue weighted by Crippen LogP contribution is -2.54. The number of carbonyl (C=O) groups excluding carboxylic acids is 2. The van der Waals surface area contributed by atoms with Crippen molar-refractivity contribution in [2.45, 2.75) is 37.3 Å². The predicted molar refractivity (Wildman–Crippen MR) is 85.2 cm³/mol. The molecular weight excluding hydrogens is 276 g/mol. The summed E-state index contributed by atoms with van der Waals surface area (Å²) in [6, 6.07) is 10.6. The number of carbonyl (C=O) groups is 2. The summed E-state index contributed by atoms with van der Waals surface area (Å²) >= 11 is 0. The van der Waals surface area contributed by atoms with Gasteiger partial charge in [-0.1, -0.05) is 36.9 Å². The van der Waals surface area contributed by atoms with Crippen molar-refractivity contribution in [3.8, 4) is 0 Å². The zero-order chi connectivity index (χ0) is 15.7. The fourth-order valence-corrected chi connectivity index (χ4v) is 3.21. The van der Waals surface area contributed by atoms with Gasteiger partial charge in [0.1, 0.15) is 0 Å². The smallest absolute Gasteiger partial charge is 0.245 e. The van der Waals surface area contributed by atoms with E-state index < -0.39 is 0 Å². The number of rotatable bonds is 5. The third-order valence-electron chi connectivity index (χ3n) is 4.88. The van der Waals surface area contributed by atoms with E-state index in [2.05, 4.69) is 24.0 Å². The first-order valence-electron chi connectivity index (χ1n) is 7.84. The minimum absolute atomic E-state index is 0.0545. The van der Waals surface area contributed by atoms with Crippen LogP contribution in [0.3, 0.4) is 0 Å². The van der Waals surface area contributed by atoms with Crippen LogP contribution in [0.2, 0.25) is 0 Å². The van der Waals surface area contributed by atoms with Crippen molar-refractivity contribution >= 4 is 11.8 Å². The lowest BCUT2D eigenvalue weighted by atomic mass is 9.85. The van der Waals surface area contributed by atoms with Gasteiger partial charge < -0.3 is 10.2 Å². The molecule has 116 valence electrons. The van der Waals surface area contributed by atoms with E-state index in [1.807, 2.05) is 18.2 Å². The van der Waals surface area contributed by atoms with Crippen LogP contribution in [0.25, 0.3) is 0 Å². The Morgan fingerprint density at radius 1 is 1.23 bits per heavy atom. The third-order valence-corrected chi connectivity index (χ3v) is 4.88. The zero-order valence-electron chi connectivity index (χ0n) is 12.9. The number of hydrogen-bond donors (Lipinski definition) is 1. The Bertz CT molecular complexity index is 578. The van der Waals surface area contributed by atoms with Crippen molar-refractivity contribution in [1.82, 2.24) is 10.2 Å². The van der Waals surface area contributed by atoms with Crippen LogP contribution in [-0.2, 0) is 9.59 Å². The maximum Gasteiger partial charge on any atom is 0.245 e. The van der Waals surface area contributed by atoms with Crippen LogP contribution in [0.5, 0.6) is 0 Å². The first-order valence-corrected chi connectivity index (χ1v) is 7.84. The second kappa shape index (κ2) is 5.95. The molecule has 4 nitrogen and oxygen atoms in total. The maximum absolute atomic E-state index is 12.3. The molecule has 0 unspecified atom stereocenters. The summed E-state index contributed by atoms with van der Waals surface area (Å²) in [4.78, 5) is 25.5. The predicted octanol–water partition coefficient (Wildman–Crippen LogP) is 2.08. The number of hydrogen-bond acceptors (Lipinski definition) is 2. The van der Waals surface area contributed by atoms with E-state index in [1.54, 1.807) is 11.9 Å². The summed E-state index contributed by atoms with van der Waals surface area (Å²) in [5, 5.41) is 3.12. The van der Waals surface area contributed by atoms with Gasteiger partial charge in [0.25, 0.3) is 0 Å². The Labute approximate surface area is 131 Å². The lowest BCUT2D eigenvalue weighted by molar-refractivity contribution is -0.129. The summed E-state index contributed by atoms with van der Waals surface area (Å²) in [6.45, 7) is 3.50. The molecule has 2 aliphatic rings. The number of amides is 2. The highest BCUT2D eigenvalue weighted by Crippen LogP contribution is 2.47. The maximum atomic E-state index is 12.3. The SMILES string of the molecule is C=CC(=O)N(C)C1CC(NC(=O)[C@@H]2C[C@H]2c2ccccc2)C1. The molecule has 2 amide bonds. The topological polar surface area (TPSA) is 49.4 Å². The third kappa shape index (κ3) is 2.91. The number of nitrogens with zero attached hydrogens (tertiary/aromatic N) is 1. The molecule has 0 radical (unpaired) electrons. The van der Waals surface area contributed by atoms with E-state index in [1.165, 1.54) is 11.6 Å². The van der Waals surface area contributed by atoms with Crippen molar-refractivity contribution in [2.75, 3.05) is 7.05 Å². The summed E-state index contributed by atoms with van der Waals surface area (Å²) < 4.78 is 0. The van der Waals surface area contributed by atoms with E-state index >= 15 is 0 Å². The Morgan fingerprint density at radius 2 is 1.91 bits per heavy atom. The summed E-state index contributed by atoms with van der Waals surface area (Å²) in [5.74, 6) is 0.604. The van der Waals surface area contributed by atoms with Crippen LogP contribution in [0.4, 0.5) is 0 Å². The summed E-state index contributed by atoms with van der Waals surface area (Å²) in [7, 11) is 1.79. The lowest BCUT2D eigenvalue weighted by Gasteiger charge is -2.41. The number of likely N-dealkylation sites (N-methyl/N-ethyl adjacent to an activating group) is 1. The van der Waals surface area contributed by atoms with E-state index in [0.717, 1.165) is 19.3 Å². The van der Waals surface area contributed by atoms with E-state index in [9.17, 15) is 9.59 Å². The molecule has 0 bridgehead atoms. The molecule has 2 fully saturated rings. The molecule has 22 heavy (non-hydrogen) atoms. The Kier molecular flexibility index (Phi) is 4.01. The van der Waals surface area contributed by atoms with Crippen molar-refractivity contribution in [3.63, 3.8) is 0 Å². The van der Waals surface area contributed by atoms with Gasteiger partial charge in [0.15, 0.2) is 0 Å². The van der Waals surface area contributed by atoms with Gasteiger partial charge in [0.05, 0.1) is 0 Å². The van der Waals surface area contributed by atoms with E-state index in [-0.39, 0.29) is 29.8 Å². The van der Waals surface area contributed by atoms with E-state index in [0.29, 0.717) is 5.92 Å². The van der Waals surface area contributed by atoms with Crippen LogP contribution in [0, 0.1) is 5.92 Å². The molecule has 0 spiro atoms. The molecule has 0 saturated heterocycles. The van der Waals surface area contributed by atoms with Gasteiger partial charge in [-0.05, 0) is 36.8 Å². The first kappa shape index (κ1) is 14.8. The minimum Gasteiger partial charge on any atom is -0.353 e. The summed E-state index contributed by atoms with van der Waals surface area (Å²) in [5.41, 5.74) is 1.26. The largest absolute Gasteiger partial charge is 0.353 e. The van der Waals surface area contributed by atoms with Crippen LogP contribution in [0.15, 0.2) is 43.0 Å². The molecule has 0 heterocycles. The molecule has 1 N–H and O–H groups in total.